The number of hydrogen-bond donors (Lipinski definition) is 1. The highest BCUT2D eigenvalue weighted by Gasteiger charge is 2.39. The molecule has 0 fully saturated rings. The molecule has 0 saturated heterocycles. The molecule has 1 N–H and O–H groups in total. The monoisotopic (exact) mass is 775 g/mol. The first-order valence-electron chi connectivity index (χ1n) is 20.3. The van der Waals surface area contributed by atoms with Crippen molar-refractivity contribution in [2.24, 2.45) is 0 Å². The van der Waals surface area contributed by atoms with Crippen molar-refractivity contribution in [3.05, 3.63) is 166 Å². The number of hydrogen-bond acceptors (Lipinski definition) is 8. The zero-order chi connectivity index (χ0) is 42.8. The van der Waals surface area contributed by atoms with Crippen LogP contribution in [0.25, 0.3) is 0 Å². The van der Waals surface area contributed by atoms with Gasteiger partial charge in [0.1, 0.15) is 17.1 Å². The van der Waals surface area contributed by atoms with E-state index in [1.807, 2.05) is 66.7 Å². The summed E-state index contributed by atoms with van der Waals surface area (Å²) >= 11 is 0. The van der Waals surface area contributed by atoms with E-state index in [0.717, 1.165) is 28.2 Å². The van der Waals surface area contributed by atoms with Crippen molar-refractivity contribution in [2.45, 2.75) is 46.1 Å². The quantitative estimate of drug-likeness (QED) is 0.0639. The van der Waals surface area contributed by atoms with Crippen molar-refractivity contribution >= 4 is 23.6 Å². The van der Waals surface area contributed by atoms with Gasteiger partial charge in [-0.3, -0.25) is 29.0 Å². The summed E-state index contributed by atoms with van der Waals surface area (Å²) in [5.74, 6) is 0.614. The van der Waals surface area contributed by atoms with Crippen LogP contribution in [0, 0.1) is 0 Å². The summed E-state index contributed by atoms with van der Waals surface area (Å²) in [6.45, 7) is 1.23. The molecule has 10 nitrogen and oxygen atoms in total. The second-order valence-electron chi connectivity index (χ2n) is 13.1. The van der Waals surface area contributed by atoms with Gasteiger partial charge in [-0.1, -0.05) is 93.7 Å². The van der Waals surface area contributed by atoms with Crippen LogP contribution in [0.1, 0.15) is 101 Å². The highest BCUT2D eigenvalue weighted by atomic mass is 16.5. The minimum Gasteiger partial charge on any atom is -0.497 e. The maximum absolute atomic E-state index is 12.7. The van der Waals surface area contributed by atoms with Crippen LogP contribution < -0.4 is 9.47 Å². The molecule has 5 aromatic rings. The van der Waals surface area contributed by atoms with Crippen molar-refractivity contribution in [1.29, 1.82) is 0 Å². The van der Waals surface area contributed by atoms with Gasteiger partial charge in [-0.25, -0.2) is 0 Å². The van der Waals surface area contributed by atoms with Gasteiger partial charge in [-0.2, -0.15) is 0 Å². The summed E-state index contributed by atoms with van der Waals surface area (Å²) in [4.78, 5) is 51.8. The van der Waals surface area contributed by atoms with Gasteiger partial charge in [0, 0.05) is 29.0 Å². The fourth-order valence-electron chi connectivity index (χ4n) is 6.94. The Hall–Kier alpha value is -6.10. The number of unbranched alkanes of at least 4 members (excludes halogenated alkanes) is 2. The number of carbonyl (C=O) groups is 4. The van der Waals surface area contributed by atoms with Gasteiger partial charge in [0.15, 0.2) is 0 Å². The molecule has 0 unspecified atom stereocenters. The number of benzene rings is 5. The van der Waals surface area contributed by atoms with E-state index in [1.54, 1.807) is 62.8 Å². The lowest BCUT2D eigenvalue weighted by Gasteiger charge is -2.36. The molecule has 0 atom stereocenters. The average molecular weight is 776 g/mol. The third kappa shape index (κ3) is 9.14. The van der Waals surface area contributed by atoms with Crippen LogP contribution in [0.4, 0.5) is 0 Å². The van der Waals surface area contributed by atoms with Crippen molar-refractivity contribution < 1.29 is 41.2 Å². The molecule has 2 aliphatic heterocycles. The zero-order valence-electron chi connectivity index (χ0n) is 35.0. The molecule has 0 radical (unpaired) electrons. The highest BCUT2D eigenvalue weighted by molar-refractivity contribution is 6.22. The second-order valence-corrected chi connectivity index (χ2v) is 13.1. The standard InChI is InChI=1S/C33H31NO5.C12H13NO3.2CH4/c1-37-27-18-14-25(15-19-27)33(24-10-4-3-5-11-24,26-16-20-28(38-2)21-17-26)39-23-9-8-22-34-31(35)29-12-6-7-13-30(29)32(34)36;14-8-4-3-7-13-11(15)9-5-1-2-6-10(9)12(13)16;;/h3-7,10-21H,8-9,22-23H2,1-2H3;1-2,5-6,14H,3-4,7-8H2;2*1H4/i;;1T;1D. The predicted octanol–water partition coefficient (Wildman–Crippen LogP) is 8.42. The van der Waals surface area contributed by atoms with Crippen LogP contribution in [0.3, 0.4) is 0 Å². The summed E-state index contributed by atoms with van der Waals surface area (Å²) in [7, 11) is 5.79. The average Bonchev–Trinajstić information content (AvgIpc) is 3.70. The maximum Gasteiger partial charge on any atom is 0.261 e. The lowest BCUT2D eigenvalue weighted by Crippen LogP contribution is -2.34. The topological polar surface area (TPSA) is 123 Å². The Morgan fingerprint density at radius 3 is 1.26 bits per heavy atom. The molecule has 0 spiro atoms. The summed E-state index contributed by atoms with van der Waals surface area (Å²) in [6, 6.07) is 39.7. The normalized spacial score (nSPS) is 13.1. The first-order chi connectivity index (χ1) is 28.8. The van der Waals surface area contributed by atoms with Gasteiger partial charge in [-0.15, -0.1) is 0 Å². The number of aliphatic hydroxyl groups excluding tert-OH is 1. The Bertz CT molecular complexity index is 2010. The van der Waals surface area contributed by atoms with Gasteiger partial charge >= 0.3 is 0 Å². The summed E-state index contributed by atoms with van der Waals surface area (Å²) in [5, 5.41) is 8.66. The Labute approximate surface area is 338 Å². The smallest absolute Gasteiger partial charge is 0.261 e. The molecule has 2 heterocycles. The van der Waals surface area contributed by atoms with E-state index >= 15 is 0 Å². The first kappa shape index (κ1) is 40.6. The van der Waals surface area contributed by atoms with Gasteiger partial charge < -0.3 is 19.3 Å². The molecule has 0 aromatic heterocycles. The fraction of sp³-hybridized carbons (Fsp3) is 0.277. The molecule has 0 bridgehead atoms. The third-order valence-electron chi connectivity index (χ3n) is 9.81. The van der Waals surface area contributed by atoms with E-state index in [2.05, 4.69) is 12.1 Å². The number of fused-ring (bicyclic) bond motifs is 2. The van der Waals surface area contributed by atoms with E-state index in [0.29, 0.717) is 67.6 Å². The second kappa shape index (κ2) is 20.2. The summed E-state index contributed by atoms with van der Waals surface area (Å²) in [5.41, 5.74) is 3.92. The number of amides is 4. The van der Waals surface area contributed by atoms with Crippen LogP contribution in [0.2, 0.25) is 0 Å². The van der Waals surface area contributed by atoms with E-state index in [1.165, 1.54) is 24.6 Å². The fourth-order valence-corrected chi connectivity index (χ4v) is 6.94. The lowest BCUT2D eigenvalue weighted by atomic mass is 9.80. The third-order valence-corrected chi connectivity index (χ3v) is 9.81. The van der Waals surface area contributed by atoms with E-state index in [4.69, 9.17) is 22.1 Å². The lowest BCUT2D eigenvalue weighted by molar-refractivity contribution is 0.00994. The van der Waals surface area contributed by atoms with Crippen molar-refractivity contribution in [3.8, 4) is 11.5 Å². The Morgan fingerprint density at radius 1 is 0.544 bits per heavy atom. The van der Waals surface area contributed by atoms with Crippen LogP contribution >= 0.6 is 0 Å². The molecule has 298 valence electrons. The number of rotatable bonds is 15. The Morgan fingerprint density at radius 2 is 0.895 bits per heavy atom. The van der Waals surface area contributed by atoms with Gasteiger partial charge in [-0.05, 0) is 90.9 Å². The molecule has 0 saturated carbocycles. The number of ether oxygens (including phenoxy) is 3. The number of aliphatic hydroxyl groups is 1. The van der Waals surface area contributed by atoms with E-state index in [-0.39, 0.29) is 30.2 Å². The molecular formula is C47H52N2O8. The van der Waals surface area contributed by atoms with Crippen LogP contribution in [-0.4, -0.2) is 79.1 Å². The largest absolute Gasteiger partial charge is 0.497 e. The first-order valence-corrected chi connectivity index (χ1v) is 18.3. The minimum atomic E-state index is -0.894. The van der Waals surface area contributed by atoms with Crippen LogP contribution in [0.15, 0.2) is 127 Å². The van der Waals surface area contributed by atoms with Gasteiger partial charge in [0.25, 0.3) is 23.6 Å². The minimum absolute atomic E-state index is 0.0865. The van der Waals surface area contributed by atoms with Gasteiger partial charge in [0.2, 0.25) is 0 Å². The van der Waals surface area contributed by atoms with Crippen LogP contribution in [0.5, 0.6) is 11.5 Å². The molecule has 0 aliphatic carbocycles. The Balaban J connectivity index is 0.000000320. The summed E-state index contributed by atoms with van der Waals surface area (Å²) < 4.78 is 29.2. The van der Waals surface area contributed by atoms with E-state index in [9.17, 15) is 19.2 Å². The predicted molar refractivity (Wildman–Crippen MR) is 221 cm³/mol. The van der Waals surface area contributed by atoms with Crippen molar-refractivity contribution in [3.63, 3.8) is 0 Å². The van der Waals surface area contributed by atoms with Crippen molar-refractivity contribution in [1.82, 2.24) is 9.80 Å². The molecule has 5 aromatic carbocycles. The summed E-state index contributed by atoms with van der Waals surface area (Å²) in [6.07, 6.45) is 2.53. The molecule has 57 heavy (non-hydrogen) atoms. The maximum atomic E-state index is 12.7. The van der Waals surface area contributed by atoms with E-state index < -0.39 is 5.60 Å². The number of nitrogens with zero attached hydrogens (tertiary/aromatic N) is 2. The SMILES string of the molecule is COc1ccc(C(OCCCCN2C(=O)c3ccccc3C2=O)(c2ccccc2)c2ccc(OC)cc2)cc1.O=C1c2ccccc2C(=O)N1CCCCO.[2H]C.[3H]C. The molecule has 2 aliphatic rings. The Kier molecular flexibility index (Phi) is 14.4. The molecular weight excluding hydrogens is 721 g/mol. The number of carbonyl (C=O) groups excluding carboxylic acids is 4. The highest BCUT2D eigenvalue weighted by Crippen LogP contribution is 2.42. The number of methoxy groups -OCH3 is 2. The van der Waals surface area contributed by atoms with Crippen molar-refractivity contribution in [2.75, 3.05) is 40.5 Å². The zero-order valence-corrected chi connectivity index (χ0v) is 33.0. The molecule has 4 amide bonds. The molecule has 10 heteroatoms. The number of imide groups is 2. The van der Waals surface area contributed by atoms with Gasteiger partial charge in [0.05, 0.1) is 36.5 Å². The molecule has 7 rings (SSSR count). The van der Waals surface area contributed by atoms with Crippen LogP contribution in [-0.2, 0) is 10.3 Å².